The van der Waals surface area contributed by atoms with Crippen molar-refractivity contribution in [1.29, 1.82) is 0 Å². The van der Waals surface area contributed by atoms with E-state index in [9.17, 15) is 0 Å². The minimum absolute atomic E-state index is 0.707. The van der Waals surface area contributed by atoms with Crippen LogP contribution in [0.2, 0.25) is 0 Å². The van der Waals surface area contributed by atoms with Crippen LogP contribution in [-0.2, 0) is 6.54 Å². The molecule has 0 unspecified atom stereocenters. The van der Waals surface area contributed by atoms with Crippen LogP contribution in [0.3, 0.4) is 0 Å². The predicted molar refractivity (Wildman–Crippen MR) is 71.4 cm³/mol. The second-order valence-corrected chi connectivity index (χ2v) is 4.28. The summed E-state index contributed by atoms with van der Waals surface area (Å²) in [5.41, 5.74) is 1.19. The zero-order chi connectivity index (χ0) is 12.2. The quantitative estimate of drug-likeness (QED) is 0.827. The van der Waals surface area contributed by atoms with Crippen molar-refractivity contribution in [1.82, 2.24) is 4.90 Å². The molecule has 0 N–H and O–H groups in total. The largest absolute Gasteiger partial charge is 0.467 e. The van der Waals surface area contributed by atoms with Gasteiger partial charge in [0, 0.05) is 5.69 Å². The number of anilines is 1. The van der Waals surface area contributed by atoms with Gasteiger partial charge in [0.25, 0.3) is 0 Å². The molecule has 1 aromatic heterocycles. The van der Waals surface area contributed by atoms with E-state index < -0.39 is 0 Å². The molecule has 18 heavy (non-hydrogen) atoms. The molecular weight excluding hydrogens is 226 g/mol. The van der Waals surface area contributed by atoms with Crippen molar-refractivity contribution in [2.45, 2.75) is 6.54 Å². The Bertz CT molecular complexity index is 507. The van der Waals surface area contributed by atoms with Crippen LogP contribution in [0.25, 0.3) is 0 Å². The maximum absolute atomic E-state index is 5.36. The highest BCUT2D eigenvalue weighted by molar-refractivity contribution is 5.59. The van der Waals surface area contributed by atoms with Crippen LogP contribution in [-0.4, -0.2) is 24.6 Å². The van der Waals surface area contributed by atoms with E-state index in [1.807, 2.05) is 36.7 Å². The summed E-state index contributed by atoms with van der Waals surface area (Å²) in [5, 5.41) is 0. The Morgan fingerprint density at radius 2 is 2.00 bits per heavy atom. The molecule has 2 heterocycles. The van der Waals surface area contributed by atoms with Gasteiger partial charge in [-0.3, -0.25) is 4.99 Å². The number of para-hydroxylation sites is 1. The van der Waals surface area contributed by atoms with E-state index in [2.05, 4.69) is 26.9 Å². The van der Waals surface area contributed by atoms with E-state index in [0.29, 0.717) is 6.67 Å². The Kier molecular flexibility index (Phi) is 3.00. The lowest BCUT2D eigenvalue weighted by Crippen LogP contribution is -2.40. The van der Waals surface area contributed by atoms with Gasteiger partial charge >= 0.3 is 0 Å². The first kappa shape index (κ1) is 10.9. The van der Waals surface area contributed by atoms with Gasteiger partial charge in [-0.15, -0.1) is 0 Å². The maximum atomic E-state index is 5.36. The van der Waals surface area contributed by atoms with Gasteiger partial charge in [-0.1, -0.05) is 18.2 Å². The molecule has 0 amide bonds. The first-order valence-electron chi connectivity index (χ1n) is 5.98. The molecule has 0 aliphatic carbocycles. The summed E-state index contributed by atoms with van der Waals surface area (Å²) in [6.07, 6.45) is 3.59. The average Bonchev–Trinajstić information content (AvgIpc) is 2.93. The molecule has 0 bridgehead atoms. The standard InChI is InChI=1S/C14H15N3O/c1-2-5-13(6-3-1)17-11-15-10-16(12-17)9-14-7-4-8-18-14/h1-8,10H,9,11-12H2. The Morgan fingerprint density at radius 3 is 2.78 bits per heavy atom. The van der Waals surface area contributed by atoms with Gasteiger partial charge in [-0.05, 0) is 24.3 Å². The van der Waals surface area contributed by atoms with Gasteiger partial charge in [0.05, 0.1) is 25.8 Å². The summed E-state index contributed by atoms with van der Waals surface area (Å²) in [7, 11) is 0. The van der Waals surface area contributed by atoms with Crippen molar-refractivity contribution in [2.75, 3.05) is 18.2 Å². The van der Waals surface area contributed by atoms with Crippen molar-refractivity contribution in [2.24, 2.45) is 4.99 Å². The second kappa shape index (κ2) is 4.96. The van der Waals surface area contributed by atoms with Gasteiger partial charge in [-0.25, -0.2) is 0 Å². The van der Waals surface area contributed by atoms with Gasteiger partial charge < -0.3 is 14.2 Å². The van der Waals surface area contributed by atoms with Crippen LogP contribution < -0.4 is 4.90 Å². The molecule has 0 saturated heterocycles. The van der Waals surface area contributed by atoms with Crippen LogP contribution in [0.4, 0.5) is 5.69 Å². The van der Waals surface area contributed by atoms with Gasteiger partial charge in [0.2, 0.25) is 0 Å². The molecule has 4 nitrogen and oxygen atoms in total. The Labute approximate surface area is 106 Å². The Balaban J connectivity index is 1.69. The zero-order valence-electron chi connectivity index (χ0n) is 10.1. The van der Waals surface area contributed by atoms with Crippen LogP contribution >= 0.6 is 0 Å². The molecule has 0 radical (unpaired) electrons. The molecule has 92 valence electrons. The minimum atomic E-state index is 0.707. The highest BCUT2D eigenvalue weighted by Crippen LogP contribution is 2.16. The number of hydrogen-bond acceptors (Lipinski definition) is 4. The zero-order valence-corrected chi connectivity index (χ0v) is 10.1. The van der Waals surface area contributed by atoms with Gasteiger partial charge in [0.1, 0.15) is 12.4 Å². The van der Waals surface area contributed by atoms with Crippen molar-refractivity contribution in [3.05, 3.63) is 54.5 Å². The van der Waals surface area contributed by atoms with Crippen LogP contribution in [0.5, 0.6) is 0 Å². The molecule has 0 atom stereocenters. The lowest BCUT2D eigenvalue weighted by Gasteiger charge is -2.32. The fourth-order valence-corrected chi connectivity index (χ4v) is 2.05. The third kappa shape index (κ3) is 2.37. The second-order valence-electron chi connectivity index (χ2n) is 4.28. The first-order chi connectivity index (χ1) is 8.92. The van der Waals surface area contributed by atoms with Crippen molar-refractivity contribution in [3.63, 3.8) is 0 Å². The van der Waals surface area contributed by atoms with E-state index in [0.717, 1.165) is 19.0 Å². The van der Waals surface area contributed by atoms with E-state index >= 15 is 0 Å². The van der Waals surface area contributed by atoms with E-state index in [4.69, 9.17) is 4.42 Å². The third-order valence-electron chi connectivity index (χ3n) is 2.91. The number of nitrogens with zero attached hydrogens (tertiary/aromatic N) is 3. The molecule has 0 spiro atoms. The number of hydrogen-bond donors (Lipinski definition) is 0. The van der Waals surface area contributed by atoms with Gasteiger partial charge in [0.15, 0.2) is 0 Å². The Morgan fingerprint density at radius 1 is 1.11 bits per heavy atom. The summed E-state index contributed by atoms with van der Waals surface area (Å²) < 4.78 is 5.36. The fourth-order valence-electron chi connectivity index (χ4n) is 2.05. The summed E-state index contributed by atoms with van der Waals surface area (Å²) in [5.74, 6) is 0.955. The topological polar surface area (TPSA) is 32.0 Å². The summed E-state index contributed by atoms with van der Waals surface area (Å²) in [4.78, 5) is 8.74. The van der Waals surface area contributed by atoms with Crippen molar-refractivity contribution < 1.29 is 4.42 Å². The van der Waals surface area contributed by atoms with Crippen LogP contribution in [0, 0.1) is 0 Å². The molecular formula is C14H15N3O. The van der Waals surface area contributed by atoms with Crippen molar-refractivity contribution >= 4 is 12.0 Å². The minimum Gasteiger partial charge on any atom is -0.467 e. The molecule has 1 aromatic carbocycles. The highest BCUT2D eigenvalue weighted by atomic mass is 16.3. The molecule has 0 saturated carbocycles. The normalized spacial score (nSPS) is 15.1. The molecule has 1 aliphatic heterocycles. The van der Waals surface area contributed by atoms with Crippen LogP contribution in [0.15, 0.2) is 58.1 Å². The van der Waals surface area contributed by atoms with E-state index in [-0.39, 0.29) is 0 Å². The van der Waals surface area contributed by atoms with E-state index in [1.165, 1.54) is 5.69 Å². The third-order valence-corrected chi connectivity index (χ3v) is 2.91. The number of benzene rings is 1. The first-order valence-corrected chi connectivity index (χ1v) is 5.98. The SMILES string of the molecule is C1=NCN(c2ccccc2)CN1Cc1ccco1. The molecule has 4 heteroatoms. The summed E-state index contributed by atoms with van der Waals surface area (Å²) in [6.45, 7) is 2.28. The lowest BCUT2D eigenvalue weighted by molar-refractivity contribution is 0.356. The summed E-state index contributed by atoms with van der Waals surface area (Å²) in [6, 6.07) is 14.2. The van der Waals surface area contributed by atoms with Gasteiger partial charge in [-0.2, -0.15) is 0 Å². The fraction of sp³-hybridized carbons (Fsp3) is 0.214. The average molecular weight is 241 g/mol. The predicted octanol–water partition coefficient (Wildman–Crippen LogP) is 2.55. The number of aliphatic imine (C=N–C) groups is 1. The lowest BCUT2D eigenvalue weighted by atomic mass is 10.3. The van der Waals surface area contributed by atoms with Crippen molar-refractivity contribution in [3.8, 4) is 0 Å². The molecule has 2 aromatic rings. The maximum Gasteiger partial charge on any atom is 0.123 e. The smallest absolute Gasteiger partial charge is 0.123 e. The summed E-state index contributed by atoms with van der Waals surface area (Å²) >= 11 is 0. The highest BCUT2D eigenvalue weighted by Gasteiger charge is 2.14. The van der Waals surface area contributed by atoms with Crippen LogP contribution in [0.1, 0.15) is 5.76 Å². The molecule has 3 rings (SSSR count). The Hall–Kier alpha value is -2.23. The van der Waals surface area contributed by atoms with E-state index in [1.54, 1.807) is 6.26 Å². The molecule has 0 fully saturated rings. The number of rotatable bonds is 3. The monoisotopic (exact) mass is 241 g/mol. The molecule has 1 aliphatic rings. The number of furan rings is 1.